The zero-order valence-electron chi connectivity index (χ0n) is 21.4. The third-order valence-electron chi connectivity index (χ3n) is 7.01. The summed E-state index contributed by atoms with van der Waals surface area (Å²) in [5.74, 6) is 0. The van der Waals surface area contributed by atoms with E-state index in [0.29, 0.717) is 11.1 Å². The number of allylic oxidation sites excluding steroid dienone is 3. The third-order valence-corrected chi connectivity index (χ3v) is 8.17. The number of thiophene rings is 1. The van der Waals surface area contributed by atoms with Gasteiger partial charge in [0.25, 0.3) is 0 Å². The lowest BCUT2D eigenvalue weighted by Gasteiger charge is -2.06. The van der Waals surface area contributed by atoms with E-state index >= 15 is 0 Å². The predicted molar refractivity (Wildman–Crippen MR) is 166 cm³/mol. The van der Waals surface area contributed by atoms with Crippen LogP contribution in [0.3, 0.4) is 0 Å². The molecule has 6 aromatic rings. The molecule has 0 radical (unpaired) electrons. The van der Waals surface area contributed by atoms with E-state index < -0.39 is 0 Å². The van der Waals surface area contributed by atoms with Crippen LogP contribution in [0, 0.1) is 28.1 Å². The zero-order valence-corrected chi connectivity index (χ0v) is 22.2. The summed E-state index contributed by atoms with van der Waals surface area (Å²) in [5, 5.41) is 28.0. The Kier molecular flexibility index (Phi) is 6.42. The van der Waals surface area contributed by atoms with Gasteiger partial charge in [0.15, 0.2) is 0 Å². The number of benzene rings is 4. The van der Waals surface area contributed by atoms with Crippen molar-refractivity contribution >= 4 is 43.3 Å². The molecule has 0 bridgehead atoms. The zero-order chi connectivity index (χ0) is 27.6. The summed E-state index contributed by atoms with van der Waals surface area (Å²) in [6.07, 6.45) is 4.39. The second kappa shape index (κ2) is 10.3. The van der Waals surface area contributed by atoms with Crippen LogP contribution in [0.15, 0.2) is 115 Å². The average molecular weight is 531 g/mol. The summed E-state index contributed by atoms with van der Waals surface area (Å²) in [7, 11) is 0. The van der Waals surface area contributed by atoms with Crippen molar-refractivity contribution in [1.82, 2.24) is 4.98 Å². The Morgan fingerprint density at radius 2 is 1.30 bits per heavy atom. The molecule has 2 aromatic heterocycles. The lowest BCUT2D eigenvalue weighted by molar-refractivity contribution is 1.39. The molecule has 2 heterocycles. The van der Waals surface area contributed by atoms with Gasteiger partial charge in [-0.1, -0.05) is 67.2 Å². The number of nitrogens with one attached hydrogen (secondary N) is 2. The number of aromatic nitrogens is 1. The molecule has 0 aliphatic heterocycles. The van der Waals surface area contributed by atoms with E-state index in [4.69, 9.17) is 15.9 Å². The number of fused-ring (bicyclic) bond motifs is 3. The number of nitriles is 2. The Morgan fingerprint density at radius 3 is 1.82 bits per heavy atom. The minimum absolute atomic E-state index is 0.272. The van der Waals surface area contributed by atoms with E-state index in [0.717, 1.165) is 45.3 Å². The number of rotatable bonds is 6. The minimum atomic E-state index is 0.272. The van der Waals surface area contributed by atoms with Gasteiger partial charge in [0.1, 0.15) is 12.1 Å². The van der Waals surface area contributed by atoms with Gasteiger partial charge >= 0.3 is 0 Å². The Morgan fingerprint density at radius 1 is 0.750 bits per heavy atom. The standard InChI is InChI=1S/C35H22N4S/c1-22(14-23(18-36)19-37)25-2-4-26(5-3-25)29-10-12-34-31(16-29)32-17-30(11-13-35(32)40-34)27-6-8-28(9-7-27)33-15-24(20-38)21-39-33/h2-18,21,36,39H,1H2/b23-14+,36-18?. The molecule has 0 saturated heterocycles. The van der Waals surface area contributed by atoms with Crippen molar-refractivity contribution in [3.05, 3.63) is 127 Å². The van der Waals surface area contributed by atoms with Crippen LogP contribution >= 0.6 is 11.3 Å². The summed E-state index contributed by atoms with van der Waals surface area (Å²) >= 11 is 1.80. The number of H-pyrrole nitrogens is 1. The summed E-state index contributed by atoms with van der Waals surface area (Å²) < 4.78 is 2.50. The highest BCUT2D eigenvalue weighted by molar-refractivity contribution is 7.25. The molecule has 188 valence electrons. The first-order chi connectivity index (χ1) is 19.6. The molecule has 40 heavy (non-hydrogen) atoms. The normalized spacial score (nSPS) is 11.3. The molecule has 2 N–H and O–H groups in total. The van der Waals surface area contributed by atoms with Crippen LogP contribution in [0.4, 0.5) is 0 Å². The van der Waals surface area contributed by atoms with Gasteiger partial charge in [-0.05, 0) is 75.4 Å². The Balaban J connectivity index is 1.32. The number of hydrogen-bond donors (Lipinski definition) is 2. The maximum atomic E-state index is 9.10. The van der Waals surface area contributed by atoms with E-state index in [1.165, 1.54) is 20.2 Å². The summed E-state index contributed by atoms with van der Waals surface area (Å²) in [6.45, 7) is 4.05. The van der Waals surface area contributed by atoms with Gasteiger partial charge in [-0.3, -0.25) is 0 Å². The van der Waals surface area contributed by atoms with Gasteiger partial charge in [-0.25, -0.2) is 0 Å². The van der Waals surface area contributed by atoms with Gasteiger partial charge in [0.2, 0.25) is 0 Å². The van der Waals surface area contributed by atoms with Crippen LogP contribution < -0.4 is 0 Å². The minimum Gasteiger partial charge on any atom is -0.360 e. The fourth-order valence-electron chi connectivity index (χ4n) is 4.86. The maximum absolute atomic E-state index is 9.10. The lowest BCUT2D eigenvalue weighted by atomic mass is 9.98. The Labute approximate surface area is 235 Å². The molecular formula is C35H22N4S. The van der Waals surface area contributed by atoms with Crippen LogP contribution in [0.5, 0.6) is 0 Å². The summed E-state index contributed by atoms with van der Waals surface area (Å²) in [4.78, 5) is 3.16. The van der Waals surface area contributed by atoms with Crippen LogP contribution in [0.25, 0.3) is 59.3 Å². The second-order valence-electron chi connectivity index (χ2n) is 9.47. The van der Waals surface area contributed by atoms with Crippen molar-refractivity contribution in [2.45, 2.75) is 0 Å². The summed E-state index contributed by atoms with van der Waals surface area (Å²) in [5.41, 5.74) is 9.02. The molecule has 0 aliphatic rings. The second-order valence-corrected chi connectivity index (χ2v) is 10.6. The first-order valence-electron chi connectivity index (χ1n) is 12.6. The number of nitrogens with zero attached hydrogens (tertiary/aromatic N) is 2. The summed E-state index contributed by atoms with van der Waals surface area (Å²) in [6, 6.07) is 35.8. The Hall–Kier alpha value is -5.49. The molecule has 6 rings (SSSR count). The van der Waals surface area contributed by atoms with Crippen LogP contribution in [-0.2, 0) is 0 Å². The Bertz CT molecular complexity index is 2040. The van der Waals surface area contributed by atoms with Crippen molar-refractivity contribution in [2.24, 2.45) is 0 Å². The van der Waals surface area contributed by atoms with E-state index in [9.17, 15) is 0 Å². The van der Waals surface area contributed by atoms with Gasteiger partial charge in [0.05, 0.1) is 11.1 Å². The monoisotopic (exact) mass is 530 g/mol. The topological polar surface area (TPSA) is 87.2 Å². The molecule has 0 fully saturated rings. The first-order valence-corrected chi connectivity index (χ1v) is 13.5. The molecule has 4 nitrogen and oxygen atoms in total. The molecule has 0 saturated carbocycles. The van der Waals surface area contributed by atoms with E-state index in [1.807, 2.05) is 24.3 Å². The lowest BCUT2D eigenvalue weighted by Crippen LogP contribution is -1.85. The molecule has 0 atom stereocenters. The largest absolute Gasteiger partial charge is 0.360 e. The van der Waals surface area contributed by atoms with E-state index in [-0.39, 0.29) is 5.57 Å². The fourth-order valence-corrected chi connectivity index (χ4v) is 5.93. The first kappa shape index (κ1) is 24.8. The van der Waals surface area contributed by atoms with Gasteiger partial charge in [-0.15, -0.1) is 11.3 Å². The molecule has 5 heteroatoms. The van der Waals surface area contributed by atoms with Crippen molar-refractivity contribution < 1.29 is 0 Å². The van der Waals surface area contributed by atoms with Crippen molar-refractivity contribution in [2.75, 3.05) is 0 Å². The predicted octanol–water partition coefficient (Wildman–Crippen LogP) is 9.37. The molecule has 0 amide bonds. The SMILES string of the molecule is C=C(/C=C(/C#N)C=N)c1ccc(-c2ccc3sc4ccc(-c5ccc(-c6cc(C#N)c[nH]6)cc5)cc4c3c2)cc1. The highest BCUT2D eigenvalue weighted by atomic mass is 32.1. The molecular weight excluding hydrogens is 508 g/mol. The van der Waals surface area contributed by atoms with E-state index in [1.54, 1.807) is 23.6 Å². The highest BCUT2D eigenvalue weighted by Gasteiger charge is 2.10. The van der Waals surface area contributed by atoms with E-state index in [2.05, 4.69) is 90.4 Å². The molecule has 0 unspecified atom stereocenters. The molecule has 0 aliphatic carbocycles. The average Bonchev–Trinajstić information content (AvgIpc) is 3.64. The highest BCUT2D eigenvalue weighted by Crippen LogP contribution is 2.39. The maximum Gasteiger partial charge on any atom is 0.101 e. The van der Waals surface area contributed by atoms with Crippen molar-refractivity contribution in [1.29, 1.82) is 15.9 Å². The smallest absolute Gasteiger partial charge is 0.101 e. The van der Waals surface area contributed by atoms with Crippen LogP contribution in [0.2, 0.25) is 0 Å². The third kappa shape index (κ3) is 4.63. The quantitative estimate of drug-likeness (QED) is 0.128. The van der Waals surface area contributed by atoms with Crippen LogP contribution in [-0.4, -0.2) is 11.2 Å². The molecule has 0 spiro atoms. The number of aromatic amines is 1. The van der Waals surface area contributed by atoms with Crippen molar-refractivity contribution in [3.8, 4) is 45.6 Å². The number of hydrogen-bond acceptors (Lipinski definition) is 4. The van der Waals surface area contributed by atoms with Gasteiger partial charge in [0, 0.05) is 38.3 Å². The van der Waals surface area contributed by atoms with Gasteiger partial charge in [-0.2, -0.15) is 10.5 Å². The van der Waals surface area contributed by atoms with Crippen LogP contribution in [0.1, 0.15) is 11.1 Å². The van der Waals surface area contributed by atoms with Gasteiger partial charge < -0.3 is 10.4 Å². The molecule has 4 aromatic carbocycles. The fraction of sp³-hybridized carbons (Fsp3) is 0. The van der Waals surface area contributed by atoms with Crippen molar-refractivity contribution in [3.63, 3.8) is 0 Å².